The summed E-state index contributed by atoms with van der Waals surface area (Å²) in [6.07, 6.45) is 1.53. The second-order valence-corrected chi connectivity index (χ2v) is 5.84. The first-order chi connectivity index (χ1) is 9.65. The molecule has 0 radical (unpaired) electrons. The number of carbonyl (C=O) groups is 1. The molecule has 0 aliphatic rings. The lowest BCUT2D eigenvalue weighted by atomic mass is 10.2. The molecule has 0 aliphatic heterocycles. The van der Waals surface area contributed by atoms with E-state index in [0.29, 0.717) is 17.3 Å². The van der Waals surface area contributed by atoms with Crippen molar-refractivity contribution in [3.63, 3.8) is 0 Å². The van der Waals surface area contributed by atoms with Crippen LogP contribution in [0.5, 0.6) is 0 Å². The smallest absolute Gasteiger partial charge is 0.251 e. The topological polar surface area (TPSA) is 42.0 Å². The number of benzene rings is 1. The Kier molecular flexibility index (Phi) is 5.44. The van der Waals surface area contributed by atoms with Crippen molar-refractivity contribution >= 4 is 29.3 Å². The zero-order valence-electron chi connectivity index (χ0n) is 11.1. The number of aromatic nitrogens is 1. The van der Waals surface area contributed by atoms with Gasteiger partial charge in [0.1, 0.15) is 5.15 Å². The Morgan fingerprint density at radius 1 is 1.30 bits per heavy atom. The summed E-state index contributed by atoms with van der Waals surface area (Å²) in [6, 6.07) is 11.5. The van der Waals surface area contributed by atoms with E-state index in [-0.39, 0.29) is 5.91 Å². The van der Waals surface area contributed by atoms with Gasteiger partial charge in [-0.05, 0) is 31.2 Å². The van der Waals surface area contributed by atoms with Crippen molar-refractivity contribution in [3.05, 3.63) is 58.9 Å². The molecule has 1 N–H and O–H groups in total. The molecule has 0 atom stereocenters. The maximum Gasteiger partial charge on any atom is 0.251 e. The van der Waals surface area contributed by atoms with Crippen LogP contribution < -0.4 is 5.32 Å². The lowest BCUT2D eigenvalue weighted by Gasteiger charge is -2.05. The highest BCUT2D eigenvalue weighted by atomic mass is 35.5. The third kappa shape index (κ3) is 4.54. The van der Waals surface area contributed by atoms with Gasteiger partial charge in [-0.1, -0.05) is 29.3 Å². The first-order valence-electron chi connectivity index (χ1n) is 6.24. The number of rotatable bonds is 5. The van der Waals surface area contributed by atoms with Gasteiger partial charge in [0.15, 0.2) is 0 Å². The summed E-state index contributed by atoms with van der Waals surface area (Å²) in [5.74, 6) is 0.701. The van der Waals surface area contributed by atoms with Gasteiger partial charge in [-0.3, -0.25) is 4.79 Å². The summed E-state index contributed by atoms with van der Waals surface area (Å²) in [5.41, 5.74) is 1.78. The van der Waals surface area contributed by atoms with Crippen LogP contribution in [0.1, 0.15) is 15.9 Å². The predicted octanol–water partition coefficient (Wildman–Crippen LogP) is 3.57. The zero-order chi connectivity index (χ0) is 14.4. The number of hydrogen-bond donors (Lipinski definition) is 1. The summed E-state index contributed by atoms with van der Waals surface area (Å²) in [4.78, 5) is 16.9. The molecule has 3 nitrogen and oxygen atoms in total. The molecule has 104 valence electrons. The fraction of sp³-hybridized carbons (Fsp3) is 0.200. The Balaban J connectivity index is 1.76. The number of thioether (sulfide) groups is 1. The van der Waals surface area contributed by atoms with Crippen LogP contribution in [0.2, 0.25) is 5.15 Å². The molecule has 1 aromatic carbocycles. The van der Waals surface area contributed by atoms with E-state index < -0.39 is 0 Å². The molecule has 1 amide bonds. The van der Waals surface area contributed by atoms with E-state index in [4.69, 9.17) is 11.6 Å². The third-order valence-corrected chi connectivity index (χ3v) is 3.89. The van der Waals surface area contributed by atoms with Gasteiger partial charge >= 0.3 is 0 Å². The summed E-state index contributed by atoms with van der Waals surface area (Å²) >= 11 is 7.46. The lowest BCUT2D eigenvalue weighted by Crippen LogP contribution is -2.25. The molecule has 0 saturated heterocycles. The second-order valence-electron chi connectivity index (χ2n) is 4.28. The monoisotopic (exact) mass is 306 g/mol. The maximum absolute atomic E-state index is 11.8. The second kappa shape index (κ2) is 7.31. The van der Waals surface area contributed by atoms with Crippen LogP contribution in [-0.4, -0.2) is 23.2 Å². The highest BCUT2D eigenvalue weighted by Crippen LogP contribution is 2.17. The van der Waals surface area contributed by atoms with Gasteiger partial charge in [0.2, 0.25) is 0 Å². The Morgan fingerprint density at radius 2 is 2.05 bits per heavy atom. The number of pyridine rings is 1. The summed E-state index contributed by atoms with van der Waals surface area (Å²) in [5, 5.41) is 3.19. The largest absolute Gasteiger partial charge is 0.351 e. The molecule has 20 heavy (non-hydrogen) atoms. The minimum Gasteiger partial charge on any atom is -0.351 e. The minimum atomic E-state index is -0.126. The van der Waals surface area contributed by atoms with Gasteiger partial charge in [0.25, 0.3) is 5.91 Å². The van der Waals surface area contributed by atoms with Crippen molar-refractivity contribution in [2.75, 3.05) is 12.3 Å². The molecule has 1 aromatic heterocycles. The molecule has 0 fully saturated rings. The quantitative estimate of drug-likeness (QED) is 0.522. The zero-order valence-corrected chi connectivity index (χ0v) is 12.7. The predicted molar refractivity (Wildman–Crippen MR) is 83.5 cm³/mol. The van der Waals surface area contributed by atoms with Crippen LogP contribution in [0.3, 0.4) is 0 Å². The van der Waals surface area contributed by atoms with Crippen molar-refractivity contribution in [1.29, 1.82) is 0 Å². The molecule has 1 heterocycles. The average Bonchev–Trinajstić information content (AvgIpc) is 2.45. The number of halogens is 1. The number of nitrogens with zero attached hydrogens (tertiary/aromatic N) is 1. The average molecular weight is 307 g/mol. The number of aryl methyl sites for hydroxylation is 1. The first-order valence-corrected chi connectivity index (χ1v) is 7.61. The Morgan fingerprint density at radius 3 is 2.75 bits per heavy atom. The Hall–Kier alpha value is -1.52. The van der Waals surface area contributed by atoms with Crippen LogP contribution in [0.4, 0.5) is 0 Å². The Labute approximate surface area is 127 Å². The lowest BCUT2D eigenvalue weighted by molar-refractivity contribution is 0.0956. The summed E-state index contributed by atoms with van der Waals surface area (Å²) < 4.78 is 0. The van der Waals surface area contributed by atoms with Crippen LogP contribution in [0.15, 0.2) is 47.5 Å². The maximum atomic E-state index is 11.8. The molecule has 0 spiro atoms. The van der Waals surface area contributed by atoms with Crippen molar-refractivity contribution in [2.24, 2.45) is 0 Å². The molecule has 2 aromatic rings. The van der Waals surface area contributed by atoms with Gasteiger partial charge in [0, 0.05) is 29.0 Å². The summed E-state index contributed by atoms with van der Waals surface area (Å²) in [6.45, 7) is 2.67. The van der Waals surface area contributed by atoms with Gasteiger partial charge in [-0.15, -0.1) is 11.8 Å². The molecule has 0 unspecified atom stereocenters. The molecule has 5 heteroatoms. The first kappa shape index (κ1) is 14.9. The number of carbonyl (C=O) groups excluding carboxylic acids is 1. The Bertz CT molecular complexity index is 587. The van der Waals surface area contributed by atoms with E-state index in [1.165, 1.54) is 16.7 Å². The standard InChI is InChI=1S/C15H15ClN2OS/c1-11-2-4-13(5-3-11)20-9-8-18-15(19)12-6-7-17-14(16)10-12/h2-7,10H,8-9H2,1H3,(H,18,19). The van der Waals surface area contributed by atoms with E-state index in [1.54, 1.807) is 23.9 Å². The van der Waals surface area contributed by atoms with E-state index in [9.17, 15) is 4.79 Å². The number of nitrogens with one attached hydrogen (secondary N) is 1. The van der Waals surface area contributed by atoms with Crippen molar-refractivity contribution < 1.29 is 4.79 Å². The number of amides is 1. The summed E-state index contributed by atoms with van der Waals surface area (Å²) in [7, 11) is 0. The van der Waals surface area contributed by atoms with Gasteiger partial charge in [0.05, 0.1) is 0 Å². The van der Waals surface area contributed by atoms with Crippen LogP contribution in [0.25, 0.3) is 0 Å². The van der Waals surface area contributed by atoms with Crippen molar-refractivity contribution in [2.45, 2.75) is 11.8 Å². The highest BCUT2D eigenvalue weighted by molar-refractivity contribution is 7.99. The molecular formula is C15H15ClN2OS. The molecule has 0 aliphatic carbocycles. The van der Waals surface area contributed by atoms with Gasteiger partial charge < -0.3 is 5.32 Å². The minimum absolute atomic E-state index is 0.126. The van der Waals surface area contributed by atoms with Gasteiger partial charge in [-0.2, -0.15) is 0 Å². The van der Waals surface area contributed by atoms with Crippen molar-refractivity contribution in [1.82, 2.24) is 10.3 Å². The van der Waals surface area contributed by atoms with Crippen LogP contribution >= 0.6 is 23.4 Å². The van der Waals surface area contributed by atoms with Crippen LogP contribution in [0, 0.1) is 6.92 Å². The molecule has 0 saturated carbocycles. The van der Waals surface area contributed by atoms with Crippen LogP contribution in [-0.2, 0) is 0 Å². The fourth-order valence-electron chi connectivity index (χ4n) is 1.61. The van der Waals surface area contributed by atoms with Gasteiger partial charge in [-0.25, -0.2) is 4.98 Å². The normalized spacial score (nSPS) is 10.3. The third-order valence-electron chi connectivity index (χ3n) is 2.67. The highest BCUT2D eigenvalue weighted by Gasteiger charge is 2.05. The fourth-order valence-corrected chi connectivity index (χ4v) is 2.56. The van der Waals surface area contributed by atoms with E-state index >= 15 is 0 Å². The number of hydrogen-bond acceptors (Lipinski definition) is 3. The molecule has 0 bridgehead atoms. The van der Waals surface area contributed by atoms with E-state index in [2.05, 4.69) is 41.5 Å². The molecular weight excluding hydrogens is 292 g/mol. The molecule has 2 rings (SSSR count). The van der Waals surface area contributed by atoms with Crippen molar-refractivity contribution in [3.8, 4) is 0 Å². The SMILES string of the molecule is Cc1ccc(SCCNC(=O)c2ccnc(Cl)c2)cc1. The van der Waals surface area contributed by atoms with E-state index in [1.807, 2.05) is 0 Å². The van der Waals surface area contributed by atoms with E-state index in [0.717, 1.165) is 5.75 Å².